The molecule has 0 aliphatic carbocycles. The lowest BCUT2D eigenvalue weighted by Crippen LogP contribution is -2.45. The minimum atomic E-state index is 0.0111. The Balaban J connectivity index is 1.91. The highest BCUT2D eigenvalue weighted by atomic mass is 35.5. The number of ether oxygens (including phenoxy) is 2. The average Bonchev–Trinajstić information content (AvgIpc) is 2.52. The smallest absolute Gasteiger partial charge is 0.0723 e. The first-order valence-corrected chi connectivity index (χ1v) is 8.71. The third kappa shape index (κ3) is 2.65. The molecule has 0 N–H and O–H groups in total. The highest BCUT2D eigenvalue weighted by Gasteiger charge is 2.40. The van der Waals surface area contributed by atoms with Crippen LogP contribution in [0.2, 0.25) is 5.02 Å². The molecule has 23 heavy (non-hydrogen) atoms. The molecule has 1 aromatic carbocycles. The maximum Gasteiger partial charge on any atom is 0.0723 e. The SMILES string of the molecule is Cc1cc(Cl)c2cc(C3CCCOC3)c(C3(C)COC3)nc2c1. The Labute approximate surface area is 142 Å². The number of nitrogens with zero attached hydrogens (tertiary/aromatic N) is 1. The second kappa shape index (κ2) is 5.73. The topological polar surface area (TPSA) is 31.4 Å². The first-order chi connectivity index (χ1) is 11.1. The quantitative estimate of drug-likeness (QED) is 0.818. The number of aromatic nitrogens is 1. The first kappa shape index (κ1) is 15.4. The van der Waals surface area contributed by atoms with Gasteiger partial charge in [0.15, 0.2) is 0 Å². The molecule has 0 radical (unpaired) electrons. The predicted molar refractivity (Wildman–Crippen MR) is 92.5 cm³/mol. The number of pyridine rings is 1. The number of hydrogen-bond donors (Lipinski definition) is 0. The average molecular weight is 332 g/mol. The molecule has 0 bridgehead atoms. The van der Waals surface area contributed by atoms with E-state index in [4.69, 9.17) is 26.1 Å². The Bertz CT molecular complexity index is 749. The number of benzene rings is 1. The van der Waals surface area contributed by atoms with Gasteiger partial charge < -0.3 is 9.47 Å². The second-order valence-corrected chi connectivity index (χ2v) is 7.61. The molecule has 3 nitrogen and oxygen atoms in total. The normalized spacial score (nSPS) is 23.7. The highest BCUT2D eigenvalue weighted by molar-refractivity contribution is 6.35. The van der Waals surface area contributed by atoms with Gasteiger partial charge in [-0.05, 0) is 56.0 Å². The Morgan fingerprint density at radius 2 is 2.04 bits per heavy atom. The van der Waals surface area contributed by atoms with Crippen molar-refractivity contribution in [3.63, 3.8) is 0 Å². The standard InChI is InChI=1S/C19H22ClNO2/c1-12-6-16(20)15-8-14(13-4-3-5-22-9-13)18(21-17(15)7-12)19(2)10-23-11-19/h6-8,13H,3-5,9-11H2,1-2H3. The van der Waals surface area contributed by atoms with Crippen molar-refractivity contribution < 1.29 is 9.47 Å². The van der Waals surface area contributed by atoms with Crippen molar-refractivity contribution in [3.05, 3.63) is 40.0 Å². The van der Waals surface area contributed by atoms with Crippen LogP contribution in [0.15, 0.2) is 18.2 Å². The van der Waals surface area contributed by atoms with E-state index in [2.05, 4.69) is 26.0 Å². The summed E-state index contributed by atoms with van der Waals surface area (Å²) in [5.74, 6) is 0.408. The van der Waals surface area contributed by atoms with Gasteiger partial charge in [0.25, 0.3) is 0 Å². The molecule has 1 atom stereocenters. The Hall–Kier alpha value is -1.16. The summed E-state index contributed by atoms with van der Waals surface area (Å²) in [7, 11) is 0. The van der Waals surface area contributed by atoms with Crippen molar-refractivity contribution in [3.8, 4) is 0 Å². The van der Waals surface area contributed by atoms with E-state index in [0.29, 0.717) is 5.92 Å². The van der Waals surface area contributed by atoms with Gasteiger partial charge in [-0.3, -0.25) is 4.98 Å². The maximum absolute atomic E-state index is 6.49. The molecule has 2 saturated heterocycles. The van der Waals surface area contributed by atoms with E-state index in [1.54, 1.807) is 0 Å². The van der Waals surface area contributed by atoms with Gasteiger partial charge in [0.1, 0.15) is 0 Å². The van der Waals surface area contributed by atoms with Gasteiger partial charge in [0.2, 0.25) is 0 Å². The van der Waals surface area contributed by atoms with Gasteiger partial charge in [-0.1, -0.05) is 11.6 Å². The van der Waals surface area contributed by atoms with Crippen LogP contribution >= 0.6 is 11.6 Å². The zero-order valence-electron chi connectivity index (χ0n) is 13.7. The number of aryl methyl sites for hydroxylation is 1. The molecule has 1 aromatic heterocycles. The molecule has 0 spiro atoms. The minimum Gasteiger partial charge on any atom is -0.381 e. The molecule has 0 amide bonds. The molecule has 2 aliphatic heterocycles. The minimum absolute atomic E-state index is 0.0111. The van der Waals surface area contributed by atoms with E-state index >= 15 is 0 Å². The molecule has 0 saturated carbocycles. The first-order valence-electron chi connectivity index (χ1n) is 8.34. The Morgan fingerprint density at radius 1 is 1.22 bits per heavy atom. The summed E-state index contributed by atoms with van der Waals surface area (Å²) in [6, 6.07) is 6.39. The molecule has 2 aromatic rings. The maximum atomic E-state index is 6.49. The number of hydrogen-bond acceptors (Lipinski definition) is 3. The summed E-state index contributed by atoms with van der Waals surface area (Å²) in [5, 5.41) is 1.83. The molecule has 3 heterocycles. The van der Waals surface area contributed by atoms with Gasteiger partial charge in [0, 0.05) is 17.9 Å². The molecule has 2 aliphatic rings. The summed E-state index contributed by atoms with van der Waals surface area (Å²) in [5.41, 5.74) is 4.61. The summed E-state index contributed by atoms with van der Waals surface area (Å²) < 4.78 is 11.2. The number of fused-ring (bicyclic) bond motifs is 1. The van der Waals surface area contributed by atoms with Gasteiger partial charge in [-0.15, -0.1) is 0 Å². The van der Waals surface area contributed by atoms with Gasteiger partial charge in [-0.2, -0.15) is 0 Å². The van der Waals surface area contributed by atoms with E-state index in [1.807, 2.05) is 6.07 Å². The monoisotopic (exact) mass is 331 g/mol. The fraction of sp³-hybridized carbons (Fsp3) is 0.526. The molecule has 122 valence electrons. The van der Waals surface area contributed by atoms with Crippen molar-refractivity contribution in [2.24, 2.45) is 0 Å². The van der Waals surface area contributed by atoms with E-state index in [1.165, 1.54) is 11.3 Å². The van der Waals surface area contributed by atoms with E-state index < -0.39 is 0 Å². The summed E-state index contributed by atoms with van der Waals surface area (Å²) in [4.78, 5) is 5.05. The van der Waals surface area contributed by atoms with Gasteiger partial charge in [0.05, 0.1) is 41.5 Å². The highest BCUT2D eigenvalue weighted by Crippen LogP contribution is 2.40. The third-order valence-corrected chi connectivity index (χ3v) is 5.38. The summed E-state index contributed by atoms with van der Waals surface area (Å²) in [6.45, 7) is 7.43. The molecular weight excluding hydrogens is 310 g/mol. The van der Waals surface area contributed by atoms with Crippen LogP contribution in [0.25, 0.3) is 10.9 Å². The van der Waals surface area contributed by atoms with Crippen molar-refractivity contribution in [1.29, 1.82) is 0 Å². The zero-order valence-corrected chi connectivity index (χ0v) is 14.4. The molecule has 4 rings (SSSR count). The van der Waals surface area contributed by atoms with Crippen LogP contribution in [0.3, 0.4) is 0 Å². The largest absolute Gasteiger partial charge is 0.381 e. The molecule has 2 fully saturated rings. The van der Waals surface area contributed by atoms with Gasteiger partial charge >= 0.3 is 0 Å². The van der Waals surface area contributed by atoms with Crippen LogP contribution in [0.5, 0.6) is 0 Å². The van der Waals surface area contributed by atoms with Crippen molar-refractivity contribution in [2.75, 3.05) is 26.4 Å². The molecular formula is C19H22ClNO2. The lowest BCUT2D eigenvalue weighted by Gasteiger charge is -2.40. The fourth-order valence-electron chi connectivity index (χ4n) is 3.70. The van der Waals surface area contributed by atoms with Crippen molar-refractivity contribution in [1.82, 2.24) is 4.98 Å². The second-order valence-electron chi connectivity index (χ2n) is 7.21. The van der Waals surface area contributed by atoms with Crippen LogP contribution in [0, 0.1) is 6.92 Å². The third-order valence-electron chi connectivity index (χ3n) is 5.07. The van der Waals surface area contributed by atoms with E-state index in [0.717, 1.165) is 60.8 Å². The number of halogens is 1. The van der Waals surface area contributed by atoms with Crippen molar-refractivity contribution in [2.45, 2.75) is 38.0 Å². The van der Waals surface area contributed by atoms with Crippen LogP contribution < -0.4 is 0 Å². The predicted octanol–water partition coefficient (Wildman–Crippen LogP) is 4.38. The lowest BCUT2D eigenvalue weighted by molar-refractivity contribution is -0.0528. The number of rotatable bonds is 2. The van der Waals surface area contributed by atoms with Gasteiger partial charge in [-0.25, -0.2) is 0 Å². The summed E-state index contributed by atoms with van der Waals surface area (Å²) >= 11 is 6.49. The Morgan fingerprint density at radius 3 is 2.70 bits per heavy atom. The van der Waals surface area contributed by atoms with Crippen LogP contribution in [0.1, 0.15) is 42.5 Å². The molecule has 4 heteroatoms. The van der Waals surface area contributed by atoms with E-state index in [-0.39, 0.29) is 5.41 Å². The van der Waals surface area contributed by atoms with Crippen LogP contribution in [-0.4, -0.2) is 31.4 Å². The summed E-state index contributed by atoms with van der Waals surface area (Å²) in [6.07, 6.45) is 2.26. The zero-order chi connectivity index (χ0) is 16.0. The lowest BCUT2D eigenvalue weighted by atomic mass is 9.78. The fourth-order valence-corrected chi connectivity index (χ4v) is 4.03. The Kier molecular flexibility index (Phi) is 3.83. The molecule has 1 unspecified atom stereocenters. The van der Waals surface area contributed by atoms with Crippen molar-refractivity contribution >= 4 is 22.5 Å². The van der Waals surface area contributed by atoms with Crippen LogP contribution in [0.4, 0.5) is 0 Å². The van der Waals surface area contributed by atoms with Crippen LogP contribution in [-0.2, 0) is 14.9 Å². The van der Waals surface area contributed by atoms with E-state index in [9.17, 15) is 0 Å².